The third-order valence-electron chi connectivity index (χ3n) is 6.89. The molecule has 0 aromatic heterocycles. The predicted octanol–water partition coefficient (Wildman–Crippen LogP) is 4.81. The van der Waals surface area contributed by atoms with Gasteiger partial charge in [0.15, 0.2) is 0 Å². The van der Waals surface area contributed by atoms with Crippen LogP contribution >= 0.6 is 0 Å². The van der Waals surface area contributed by atoms with Gasteiger partial charge in [0, 0.05) is 61.9 Å². The molecule has 2 aliphatic rings. The van der Waals surface area contributed by atoms with Crippen molar-refractivity contribution in [2.24, 2.45) is 0 Å². The zero-order chi connectivity index (χ0) is 26.4. The number of piperazine rings is 1. The molecule has 37 heavy (non-hydrogen) atoms. The van der Waals surface area contributed by atoms with Crippen molar-refractivity contribution in [3.05, 3.63) is 53.6 Å². The molecule has 2 N–H and O–H groups in total. The molecule has 2 aromatic carbocycles. The Morgan fingerprint density at radius 1 is 0.946 bits per heavy atom. The number of amides is 2. The van der Waals surface area contributed by atoms with Crippen molar-refractivity contribution >= 4 is 29.1 Å². The lowest BCUT2D eigenvalue weighted by molar-refractivity contribution is 0.0240. The molecule has 2 aliphatic heterocycles. The summed E-state index contributed by atoms with van der Waals surface area (Å²) in [6.45, 7) is 14.4. The maximum absolute atomic E-state index is 13.2. The van der Waals surface area contributed by atoms with Gasteiger partial charge < -0.3 is 30.1 Å². The number of benzene rings is 2. The molecule has 200 valence electrons. The molecule has 0 radical (unpaired) electrons. The fourth-order valence-corrected chi connectivity index (χ4v) is 4.88. The van der Waals surface area contributed by atoms with Gasteiger partial charge in [-0.1, -0.05) is 18.2 Å². The lowest BCUT2D eigenvalue weighted by Gasteiger charge is -2.37. The van der Waals surface area contributed by atoms with E-state index in [1.54, 1.807) is 4.90 Å². The van der Waals surface area contributed by atoms with Gasteiger partial charge in [0.1, 0.15) is 5.60 Å². The van der Waals surface area contributed by atoms with Crippen LogP contribution in [0.15, 0.2) is 42.5 Å². The third kappa shape index (κ3) is 7.38. The molecule has 8 heteroatoms. The van der Waals surface area contributed by atoms with E-state index in [1.165, 1.54) is 12.8 Å². The number of hydrogen-bond acceptors (Lipinski definition) is 6. The number of rotatable bonds is 7. The standard InChI is InChI=1S/C29H41N5O3/c1-22-25(30-12-15-32-13-8-9-14-32)20-23(27(35)31-24-10-6-5-7-11-24)21-26(22)33-16-18-34(19-17-33)28(36)37-29(2,3)4/h5-7,10-11,20-21,30H,8-9,12-19H2,1-4H3,(H,31,35). The van der Waals surface area contributed by atoms with Crippen molar-refractivity contribution in [1.82, 2.24) is 9.80 Å². The molecule has 2 aromatic rings. The van der Waals surface area contributed by atoms with E-state index in [-0.39, 0.29) is 12.0 Å². The van der Waals surface area contributed by atoms with Crippen LogP contribution < -0.4 is 15.5 Å². The van der Waals surface area contributed by atoms with Crippen LogP contribution in [-0.2, 0) is 4.74 Å². The van der Waals surface area contributed by atoms with Gasteiger partial charge >= 0.3 is 6.09 Å². The number of likely N-dealkylation sites (tertiary alicyclic amines) is 1. The zero-order valence-corrected chi connectivity index (χ0v) is 22.7. The number of hydrogen-bond donors (Lipinski definition) is 2. The lowest BCUT2D eigenvalue weighted by atomic mass is 10.0. The number of carbonyl (C=O) groups is 2. The topological polar surface area (TPSA) is 77.2 Å². The summed E-state index contributed by atoms with van der Waals surface area (Å²) < 4.78 is 5.56. The average molecular weight is 508 g/mol. The molecular weight excluding hydrogens is 466 g/mol. The minimum atomic E-state index is -0.513. The Balaban J connectivity index is 1.50. The smallest absolute Gasteiger partial charge is 0.410 e. The Morgan fingerprint density at radius 3 is 2.27 bits per heavy atom. The van der Waals surface area contributed by atoms with Gasteiger partial charge in [0.2, 0.25) is 0 Å². The van der Waals surface area contributed by atoms with Gasteiger partial charge in [0.25, 0.3) is 5.91 Å². The zero-order valence-electron chi connectivity index (χ0n) is 22.7. The van der Waals surface area contributed by atoms with E-state index in [0.29, 0.717) is 31.7 Å². The van der Waals surface area contributed by atoms with Crippen molar-refractivity contribution < 1.29 is 14.3 Å². The number of para-hydroxylation sites is 1. The van der Waals surface area contributed by atoms with Gasteiger partial charge in [-0.2, -0.15) is 0 Å². The van der Waals surface area contributed by atoms with Crippen LogP contribution in [0.25, 0.3) is 0 Å². The van der Waals surface area contributed by atoms with Crippen molar-refractivity contribution in [3.8, 4) is 0 Å². The van der Waals surface area contributed by atoms with E-state index in [9.17, 15) is 9.59 Å². The second kappa shape index (κ2) is 11.9. The summed E-state index contributed by atoms with van der Waals surface area (Å²) in [5, 5.41) is 6.62. The van der Waals surface area contributed by atoms with E-state index >= 15 is 0 Å². The molecule has 4 rings (SSSR count). The second-order valence-corrected chi connectivity index (χ2v) is 10.9. The normalized spacial score (nSPS) is 16.5. The Hall–Kier alpha value is -3.26. The number of ether oxygens (including phenoxy) is 1. The molecule has 2 saturated heterocycles. The van der Waals surface area contributed by atoms with Gasteiger partial charge in [-0.3, -0.25) is 4.79 Å². The minimum Gasteiger partial charge on any atom is -0.444 e. The summed E-state index contributed by atoms with van der Waals surface area (Å²) >= 11 is 0. The van der Waals surface area contributed by atoms with Gasteiger partial charge in [0.05, 0.1) is 0 Å². The van der Waals surface area contributed by atoms with Crippen LogP contribution in [0.4, 0.5) is 21.9 Å². The van der Waals surface area contributed by atoms with E-state index in [2.05, 4.69) is 27.4 Å². The van der Waals surface area contributed by atoms with Gasteiger partial charge in [-0.25, -0.2) is 4.79 Å². The first-order chi connectivity index (χ1) is 17.7. The molecule has 0 saturated carbocycles. The van der Waals surface area contributed by atoms with E-state index in [4.69, 9.17) is 4.74 Å². The van der Waals surface area contributed by atoms with Crippen molar-refractivity contribution in [2.75, 3.05) is 67.9 Å². The van der Waals surface area contributed by atoms with Crippen molar-refractivity contribution in [3.63, 3.8) is 0 Å². The predicted molar refractivity (Wildman–Crippen MR) is 150 cm³/mol. The Bertz CT molecular complexity index is 1070. The molecule has 0 atom stereocenters. The number of nitrogens with one attached hydrogen (secondary N) is 2. The van der Waals surface area contributed by atoms with Crippen LogP contribution in [0.3, 0.4) is 0 Å². The summed E-state index contributed by atoms with van der Waals surface area (Å²) in [5.74, 6) is -0.137. The highest BCUT2D eigenvalue weighted by Crippen LogP contribution is 2.31. The maximum Gasteiger partial charge on any atom is 0.410 e. The highest BCUT2D eigenvalue weighted by Gasteiger charge is 2.27. The molecule has 0 bridgehead atoms. The first-order valence-corrected chi connectivity index (χ1v) is 13.4. The summed E-state index contributed by atoms with van der Waals surface area (Å²) in [5.41, 5.74) is 3.98. The Kier molecular flexibility index (Phi) is 8.59. The molecular formula is C29H41N5O3. The first kappa shape index (κ1) is 26.8. The molecule has 2 heterocycles. The lowest BCUT2D eigenvalue weighted by Crippen LogP contribution is -2.50. The minimum absolute atomic E-state index is 0.137. The van der Waals surface area contributed by atoms with Crippen LogP contribution in [-0.4, -0.2) is 79.8 Å². The van der Waals surface area contributed by atoms with Crippen LogP contribution in [0, 0.1) is 6.92 Å². The molecule has 0 spiro atoms. The number of carbonyl (C=O) groups excluding carboxylic acids is 2. The fourth-order valence-electron chi connectivity index (χ4n) is 4.88. The second-order valence-electron chi connectivity index (χ2n) is 10.9. The van der Waals surface area contributed by atoms with E-state index < -0.39 is 5.60 Å². The van der Waals surface area contributed by atoms with Crippen molar-refractivity contribution in [1.29, 1.82) is 0 Å². The summed E-state index contributed by atoms with van der Waals surface area (Å²) in [6, 6.07) is 13.5. The summed E-state index contributed by atoms with van der Waals surface area (Å²) in [4.78, 5) is 32.3. The maximum atomic E-state index is 13.2. The molecule has 0 unspecified atom stereocenters. The summed E-state index contributed by atoms with van der Waals surface area (Å²) in [6.07, 6.45) is 2.27. The number of anilines is 3. The van der Waals surface area contributed by atoms with Crippen LogP contribution in [0.1, 0.15) is 49.5 Å². The highest BCUT2D eigenvalue weighted by molar-refractivity contribution is 6.05. The quantitative estimate of drug-likeness (QED) is 0.560. The monoisotopic (exact) mass is 507 g/mol. The molecule has 8 nitrogen and oxygen atoms in total. The fraction of sp³-hybridized carbons (Fsp3) is 0.517. The molecule has 0 aliphatic carbocycles. The largest absolute Gasteiger partial charge is 0.444 e. The highest BCUT2D eigenvalue weighted by atomic mass is 16.6. The molecule has 2 fully saturated rings. The Morgan fingerprint density at radius 2 is 1.62 bits per heavy atom. The van der Waals surface area contributed by atoms with Gasteiger partial charge in [-0.05, 0) is 83.5 Å². The van der Waals surface area contributed by atoms with E-state index in [0.717, 1.165) is 48.8 Å². The molecule has 2 amide bonds. The van der Waals surface area contributed by atoms with E-state index in [1.807, 2.05) is 63.2 Å². The Labute approximate surface area is 220 Å². The van der Waals surface area contributed by atoms with Crippen LogP contribution in [0.2, 0.25) is 0 Å². The first-order valence-electron chi connectivity index (χ1n) is 13.4. The third-order valence-corrected chi connectivity index (χ3v) is 6.89. The average Bonchev–Trinajstić information content (AvgIpc) is 3.38. The van der Waals surface area contributed by atoms with Crippen LogP contribution in [0.5, 0.6) is 0 Å². The summed E-state index contributed by atoms with van der Waals surface area (Å²) in [7, 11) is 0. The SMILES string of the molecule is Cc1c(NCCN2CCCC2)cc(C(=O)Nc2ccccc2)cc1N1CCN(C(=O)OC(C)(C)C)CC1. The van der Waals surface area contributed by atoms with Crippen molar-refractivity contribution in [2.45, 2.75) is 46.1 Å². The number of nitrogens with zero attached hydrogens (tertiary/aromatic N) is 3. The van der Waals surface area contributed by atoms with Gasteiger partial charge in [-0.15, -0.1) is 0 Å².